The minimum absolute atomic E-state index is 0.271. The molecule has 0 radical (unpaired) electrons. The number of rotatable bonds is 2. The first-order valence-corrected chi connectivity index (χ1v) is 6.05. The van der Waals surface area contributed by atoms with Crippen LogP contribution >= 0.6 is 0 Å². The first kappa shape index (κ1) is 14.0. The van der Waals surface area contributed by atoms with Crippen molar-refractivity contribution in [1.29, 1.82) is 0 Å². The SMILES string of the molecule is CC(O)N1CCNCC1.CCS(=O)O. The smallest absolute Gasteiger partial charge is 0.152 e. The lowest BCUT2D eigenvalue weighted by Crippen LogP contribution is -2.47. The van der Waals surface area contributed by atoms with Crippen LogP contribution in [0.4, 0.5) is 0 Å². The van der Waals surface area contributed by atoms with Crippen molar-refractivity contribution in [3.8, 4) is 0 Å². The predicted molar refractivity (Wildman–Crippen MR) is 57.4 cm³/mol. The third kappa shape index (κ3) is 7.40. The molecule has 0 aromatic carbocycles. The summed E-state index contributed by atoms with van der Waals surface area (Å²) < 4.78 is 17.3. The second-order valence-corrected chi connectivity index (χ2v) is 4.25. The van der Waals surface area contributed by atoms with Gasteiger partial charge in [-0.05, 0) is 6.92 Å². The van der Waals surface area contributed by atoms with Gasteiger partial charge in [0.1, 0.15) is 6.23 Å². The lowest BCUT2D eigenvalue weighted by atomic mass is 10.3. The Kier molecular flexibility index (Phi) is 8.30. The molecule has 1 aliphatic rings. The number of piperazine rings is 1. The molecule has 86 valence electrons. The lowest BCUT2D eigenvalue weighted by molar-refractivity contribution is 0.0112. The van der Waals surface area contributed by atoms with E-state index < -0.39 is 11.1 Å². The Morgan fingerprint density at radius 2 is 1.93 bits per heavy atom. The summed E-state index contributed by atoms with van der Waals surface area (Å²) in [6.45, 7) is 7.41. The minimum atomic E-state index is -1.57. The molecule has 1 rings (SSSR count). The van der Waals surface area contributed by atoms with Gasteiger partial charge in [0.25, 0.3) is 0 Å². The van der Waals surface area contributed by atoms with Gasteiger partial charge >= 0.3 is 0 Å². The highest BCUT2D eigenvalue weighted by Gasteiger charge is 2.12. The van der Waals surface area contributed by atoms with E-state index in [1.807, 2.05) is 6.92 Å². The number of aliphatic hydroxyl groups excluding tert-OH is 1. The third-order valence-electron chi connectivity index (χ3n) is 1.93. The van der Waals surface area contributed by atoms with E-state index in [4.69, 9.17) is 9.66 Å². The van der Waals surface area contributed by atoms with E-state index >= 15 is 0 Å². The molecule has 6 heteroatoms. The zero-order valence-corrected chi connectivity index (χ0v) is 9.59. The van der Waals surface area contributed by atoms with Crippen molar-refractivity contribution in [3.63, 3.8) is 0 Å². The van der Waals surface area contributed by atoms with E-state index in [2.05, 4.69) is 10.2 Å². The summed E-state index contributed by atoms with van der Waals surface area (Å²) in [5.41, 5.74) is 0. The summed E-state index contributed by atoms with van der Waals surface area (Å²) in [6.07, 6.45) is -0.271. The Morgan fingerprint density at radius 1 is 1.50 bits per heavy atom. The number of aliphatic hydroxyl groups is 1. The van der Waals surface area contributed by atoms with Crippen molar-refractivity contribution in [2.75, 3.05) is 31.9 Å². The Morgan fingerprint density at radius 3 is 2.14 bits per heavy atom. The summed E-state index contributed by atoms with van der Waals surface area (Å²) >= 11 is -1.57. The molecule has 1 saturated heterocycles. The number of hydrogen-bond acceptors (Lipinski definition) is 4. The van der Waals surface area contributed by atoms with Gasteiger partial charge in [-0.3, -0.25) is 4.90 Å². The van der Waals surface area contributed by atoms with Crippen LogP contribution in [0.5, 0.6) is 0 Å². The molecule has 0 aliphatic carbocycles. The quantitative estimate of drug-likeness (QED) is 0.549. The Bertz CT molecular complexity index is 161. The van der Waals surface area contributed by atoms with Crippen molar-refractivity contribution in [2.45, 2.75) is 20.1 Å². The topological polar surface area (TPSA) is 72.8 Å². The fraction of sp³-hybridized carbons (Fsp3) is 1.00. The molecule has 2 unspecified atom stereocenters. The van der Waals surface area contributed by atoms with Crippen LogP contribution in [0.15, 0.2) is 0 Å². The van der Waals surface area contributed by atoms with Crippen molar-refractivity contribution < 1.29 is 13.9 Å². The van der Waals surface area contributed by atoms with E-state index in [-0.39, 0.29) is 6.23 Å². The van der Waals surface area contributed by atoms with Gasteiger partial charge < -0.3 is 15.0 Å². The van der Waals surface area contributed by atoms with Crippen LogP contribution in [0.25, 0.3) is 0 Å². The maximum atomic E-state index is 9.48. The normalized spacial score (nSPS) is 22.0. The van der Waals surface area contributed by atoms with Gasteiger partial charge in [-0.25, -0.2) is 4.21 Å². The maximum absolute atomic E-state index is 9.48. The lowest BCUT2D eigenvalue weighted by Gasteiger charge is -2.29. The molecule has 0 amide bonds. The average Bonchev–Trinajstić information content (AvgIpc) is 2.20. The first-order chi connectivity index (χ1) is 6.57. The zero-order chi connectivity index (χ0) is 11.0. The Balaban J connectivity index is 0.000000292. The van der Waals surface area contributed by atoms with E-state index in [1.165, 1.54) is 0 Å². The zero-order valence-electron chi connectivity index (χ0n) is 8.77. The molecule has 3 N–H and O–H groups in total. The fourth-order valence-corrected chi connectivity index (χ4v) is 1.06. The van der Waals surface area contributed by atoms with Gasteiger partial charge in [0.05, 0.1) is 0 Å². The largest absolute Gasteiger partial charge is 0.379 e. The van der Waals surface area contributed by atoms with Gasteiger partial charge in [0.2, 0.25) is 0 Å². The molecule has 0 spiro atoms. The molecule has 2 atom stereocenters. The average molecular weight is 224 g/mol. The van der Waals surface area contributed by atoms with Crippen LogP contribution < -0.4 is 5.32 Å². The third-order valence-corrected chi connectivity index (χ3v) is 2.42. The highest BCUT2D eigenvalue weighted by Crippen LogP contribution is 1.95. The van der Waals surface area contributed by atoms with E-state index in [1.54, 1.807) is 6.92 Å². The van der Waals surface area contributed by atoms with E-state index in [0.717, 1.165) is 26.2 Å². The Labute approximate surface area is 87.8 Å². The number of nitrogens with zero attached hydrogens (tertiary/aromatic N) is 1. The van der Waals surface area contributed by atoms with E-state index in [0.29, 0.717) is 5.75 Å². The number of hydrogen-bond donors (Lipinski definition) is 3. The maximum Gasteiger partial charge on any atom is 0.152 e. The molecule has 1 aliphatic heterocycles. The molecule has 0 aromatic heterocycles. The van der Waals surface area contributed by atoms with Gasteiger partial charge in [0.15, 0.2) is 11.1 Å². The molecular weight excluding hydrogens is 204 g/mol. The van der Waals surface area contributed by atoms with Crippen LogP contribution in [-0.2, 0) is 11.1 Å². The highest BCUT2D eigenvalue weighted by atomic mass is 32.2. The molecule has 0 bridgehead atoms. The summed E-state index contributed by atoms with van der Waals surface area (Å²) in [7, 11) is 0. The molecule has 0 saturated carbocycles. The van der Waals surface area contributed by atoms with Crippen LogP contribution in [0, 0.1) is 0 Å². The second-order valence-electron chi connectivity index (χ2n) is 3.03. The minimum Gasteiger partial charge on any atom is -0.379 e. The molecule has 1 heterocycles. The summed E-state index contributed by atoms with van der Waals surface area (Å²) in [6, 6.07) is 0. The molecule has 0 aromatic rings. The molecule has 14 heavy (non-hydrogen) atoms. The fourth-order valence-electron chi connectivity index (χ4n) is 1.06. The van der Waals surface area contributed by atoms with Crippen molar-refractivity contribution >= 4 is 11.1 Å². The summed E-state index contributed by atoms with van der Waals surface area (Å²) in [5.74, 6) is 0.333. The number of nitrogens with one attached hydrogen (secondary N) is 1. The second kappa shape index (κ2) is 8.31. The van der Waals surface area contributed by atoms with Gasteiger partial charge in [-0.1, -0.05) is 6.92 Å². The standard InChI is InChI=1S/C6H14N2O.C2H6O2S/c1-6(9)8-4-2-7-3-5-8;1-2-5(3)4/h6-7,9H,2-5H2,1H3;2H2,1H3,(H,3,4). The van der Waals surface area contributed by atoms with Crippen molar-refractivity contribution in [3.05, 3.63) is 0 Å². The first-order valence-electron chi connectivity index (χ1n) is 4.78. The Hall–Kier alpha value is -0.0100. The summed E-state index contributed by atoms with van der Waals surface area (Å²) in [5, 5.41) is 12.3. The monoisotopic (exact) mass is 224 g/mol. The van der Waals surface area contributed by atoms with Crippen molar-refractivity contribution in [2.24, 2.45) is 0 Å². The van der Waals surface area contributed by atoms with Crippen LogP contribution in [-0.4, -0.2) is 56.9 Å². The van der Waals surface area contributed by atoms with Crippen LogP contribution in [0.2, 0.25) is 0 Å². The van der Waals surface area contributed by atoms with Crippen LogP contribution in [0.3, 0.4) is 0 Å². The van der Waals surface area contributed by atoms with Crippen molar-refractivity contribution in [1.82, 2.24) is 10.2 Å². The van der Waals surface area contributed by atoms with Gasteiger partial charge in [-0.15, -0.1) is 0 Å². The molecule has 5 nitrogen and oxygen atoms in total. The predicted octanol–water partition coefficient (Wildman–Crippen LogP) is -0.542. The highest BCUT2D eigenvalue weighted by molar-refractivity contribution is 7.79. The van der Waals surface area contributed by atoms with Gasteiger partial charge in [0, 0.05) is 31.9 Å². The summed E-state index contributed by atoms with van der Waals surface area (Å²) in [4.78, 5) is 2.05. The van der Waals surface area contributed by atoms with Gasteiger partial charge in [-0.2, -0.15) is 0 Å². The van der Waals surface area contributed by atoms with Crippen LogP contribution in [0.1, 0.15) is 13.8 Å². The molecule has 1 fully saturated rings. The van der Waals surface area contributed by atoms with E-state index in [9.17, 15) is 4.21 Å². The molecular formula is C8H20N2O3S.